The summed E-state index contributed by atoms with van der Waals surface area (Å²) in [6, 6.07) is 10.1. The summed E-state index contributed by atoms with van der Waals surface area (Å²) >= 11 is 6.19. The van der Waals surface area contributed by atoms with Crippen LogP contribution in [0.15, 0.2) is 43.0 Å². The minimum Gasteiger partial charge on any atom is -0.295 e. The topological polar surface area (TPSA) is 17.1 Å². The van der Waals surface area contributed by atoms with Crippen LogP contribution in [0.2, 0.25) is 5.02 Å². The SMILES string of the molecule is [B]C(CC)c1ccc(Cl)c(C(=C)c2cccc(C(C)=O)c2)c1F. The molecule has 1 unspecified atom stereocenters. The lowest BCUT2D eigenvalue weighted by Crippen LogP contribution is -2.04. The summed E-state index contributed by atoms with van der Waals surface area (Å²) in [5, 5.41) is 0.271. The van der Waals surface area contributed by atoms with Crippen LogP contribution >= 0.6 is 11.6 Å². The second-order valence-electron chi connectivity index (χ2n) is 5.46. The van der Waals surface area contributed by atoms with E-state index in [0.717, 1.165) is 0 Å². The van der Waals surface area contributed by atoms with Gasteiger partial charge in [-0.15, -0.1) is 0 Å². The highest BCUT2D eigenvalue weighted by Gasteiger charge is 2.19. The molecular weight excluding hydrogens is 309 g/mol. The molecule has 2 aromatic rings. The number of hydrogen-bond acceptors (Lipinski definition) is 1. The van der Waals surface area contributed by atoms with Crippen molar-refractivity contribution in [3.05, 3.63) is 76.1 Å². The minimum atomic E-state index is -0.454. The first-order valence-electron chi connectivity index (χ1n) is 7.41. The van der Waals surface area contributed by atoms with Crippen molar-refractivity contribution in [1.29, 1.82) is 0 Å². The number of ketones is 1. The molecule has 0 aliphatic carbocycles. The van der Waals surface area contributed by atoms with E-state index in [1.807, 2.05) is 6.92 Å². The molecule has 0 aliphatic heterocycles. The van der Waals surface area contributed by atoms with Crippen LogP contribution in [0.4, 0.5) is 4.39 Å². The van der Waals surface area contributed by atoms with Gasteiger partial charge >= 0.3 is 0 Å². The molecule has 0 N–H and O–H groups in total. The fourth-order valence-corrected chi connectivity index (χ4v) is 2.68. The maximum atomic E-state index is 14.9. The number of halogens is 2. The second kappa shape index (κ2) is 7.14. The lowest BCUT2D eigenvalue weighted by Gasteiger charge is -2.17. The maximum Gasteiger partial charge on any atom is 0.159 e. The van der Waals surface area contributed by atoms with Crippen molar-refractivity contribution in [2.24, 2.45) is 0 Å². The Morgan fingerprint density at radius 2 is 1.96 bits per heavy atom. The summed E-state index contributed by atoms with van der Waals surface area (Å²) in [6.45, 7) is 7.34. The van der Waals surface area contributed by atoms with Crippen LogP contribution in [0, 0.1) is 5.82 Å². The van der Waals surface area contributed by atoms with Crippen LogP contribution in [-0.2, 0) is 0 Å². The smallest absolute Gasteiger partial charge is 0.159 e. The molecule has 0 aliphatic rings. The number of hydrogen-bond donors (Lipinski definition) is 0. The maximum absolute atomic E-state index is 14.9. The van der Waals surface area contributed by atoms with Crippen LogP contribution in [0.1, 0.15) is 53.1 Å². The Bertz CT molecular complexity index is 770. The van der Waals surface area contributed by atoms with Crippen LogP contribution in [0.3, 0.4) is 0 Å². The molecule has 2 rings (SSSR count). The van der Waals surface area contributed by atoms with E-state index in [1.165, 1.54) is 6.92 Å². The quantitative estimate of drug-likeness (QED) is 0.534. The molecule has 1 nitrogen and oxygen atoms in total. The van der Waals surface area contributed by atoms with Crippen LogP contribution < -0.4 is 0 Å². The molecule has 0 spiro atoms. The number of benzene rings is 2. The molecule has 0 bridgehead atoms. The molecule has 23 heavy (non-hydrogen) atoms. The third-order valence-corrected chi connectivity index (χ3v) is 4.19. The summed E-state index contributed by atoms with van der Waals surface area (Å²) in [7, 11) is 5.96. The van der Waals surface area contributed by atoms with E-state index < -0.39 is 11.6 Å². The van der Waals surface area contributed by atoms with Crippen LogP contribution in [0.5, 0.6) is 0 Å². The average molecular weight is 327 g/mol. The van der Waals surface area contributed by atoms with Gasteiger partial charge in [0.15, 0.2) is 5.78 Å². The third kappa shape index (κ3) is 3.56. The number of rotatable bonds is 5. The molecule has 0 aromatic heterocycles. The van der Waals surface area contributed by atoms with Crippen molar-refractivity contribution in [1.82, 2.24) is 0 Å². The molecule has 116 valence electrons. The molecule has 2 radical (unpaired) electrons. The molecular formula is C19H17BClFO. The van der Waals surface area contributed by atoms with E-state index >= 15 is 0 Å². The molecule has 0 saturated heterocycles. The van der Waals surface area contributed by atoms with Crippen LogP contribution in [-0.4, -0.2) is 13.6 Å². The molecule has 1 atom stereocenters. The van der Waals surface area contributed by atoms with Gasteiger partial charge in [0.05, 0.1) is 12.9 Å². The predicted molar refractivity (Wildman–Crippen MR) is 94.8 cm³/mol. The van der Waals surface area contributed by atoms with Gasteiger partial charge in [-0.1, -0.05) is 61.6 Å². The average Bonchev–Trinajstić information content (AvgIpc) is 2.54. The van der Waals surface area contributed by atoms with Gasteiger partial charge < -0.3 is 0 Å². The molecule has 0 fully saturated rings. The highest BCUT2D eigenvalue weighted by atomic mass is 35.5. The first-order valence-corrected chi connectivity index (χ1v) is 7.78. The highest BCUT2D eigenvalue weighted by Crippen LogP contribution is 2.34. The summed E-state index contributed by atoms with van der Waals surface area (Å²) in [5.41, 5.74) is 2.27. The molecule has 4 heteroatoms. The molecule has 0 saturated carbocycles. The van der Waals surface area contributed by atoms with Crippen molar-refractivity contribution in [3.8, 4) is 0 Å². The van der Waals surface area contributed by atoms with Gasteiger partial charge in [-0.25, -0.2) is 4.39 Å². The Hall–Kier alpha value is -1.87. The number of Topliss-reactive ketones (excluding diaryl/α,β-unsaturated/α-hetero) is 1. The van der Waals surface area contributed by atoms with E-state index in [0.29, 0.717) is 28.7 Å². The zero-order valence-electron chi connectivity index (χ0n) is 13.2. The van der Waals surface area contributed by atoms with Crippen molar-refractivity contribution >= 4 is 30.8 Å². The summed E-state index contributed by atoms with van der Waals surface area (Å²) in [6.07, 6.45) is 0.615. The lowest BCUT2D eigenvalue weighted by atomic mass is 9.78. The minimum absolute atomic E-state index is 0.0621. The fraction of sp³-hybridized carbons (Fsp3) is 0.211. The van der Waals surface area contributed by atoms with Crippen molar-refractivity contribution in [3.63, 3.8) is 0 Å². The van der Waals surface area contributed by atoms with E-state index in [1.54, 1.807) is 36.4 Å². The van der Waals surface area contributed by atoms with Gasteiger partial charge in [-0.3, -0.25) is 4.79 Å². The summed E-state index contributed by atoms with van der Waals surface area (Å²) in [4.78, 5) is 11.5. The zero-order valence-corrected chi connectivity index (χ0v) is 14.0. The lowest BCUT2D eigenvalue weighted by molar-refractivity contribution is 0.101. The Balaban J connectivity index is 2.55. The Morgan fingerprint density at radius 1 is 1.30 bits per heavy atom. The standard InChI is InChI=1S/C19H17BClFO/c1-4-16(20)15-8-9-17(21)18(19(15)22)11(2)13-6-5-7-14(10-13)12(3)23/h5-10,16H,2,4H2,1,3H3. The van der Waals surface area contributed by atoms with E-state index in [9.17, 15) is 9.18 Å². The van der Waals surface area contributed by atoms with Crippen molar-refractivity contribution in [2.75, 3.05) is 0 Å². The Labute approximate surface area is 142 Å². The molecule has 0 heterocycles. The first kappa shape index (κ1) is 17.5. The van der Waals surface area contributed by atoms with E-state index in [-0.39, 0.29) is 16.4 Å². The summed E-state index contributed by atoms with van der Waals surface area (Å²) < 4.78 is 14.9. The van der Waals surface area contributed by atoms with Gasteiger partial charge in [0.25, 0.3) is 0 Å². The number of carbonyl (C=O) groups is 1. The fourth-order valence-electron chi connectivity index (χ4n) is 2.42. The monoisotopic (exact) mass is 326 g/mol. The first-order chi connectivity index (χ1) is 10.9. The number of carbonyl (C=O) groups excluding carboxylic acids is 1. The Kier molecular flexibility index (Phi) is 5.43. The van der Waals surface area contributed by atoms with Crippen molar-refractivity contribution < 1.29 is 9.18 Å². The van der Waals surface area contributed by atoms with Gasteiger partial charge in [-0.05, 0) is 35.8 Å². The predicted octanol–water partition coefficient (Wildman–Crippen LogP) is 5.36. The van der Waals surface area contributed by atoms with Crippen LogP contribution in [0.25, 0.3) is 5.57 Å². The van der Waals surface area contributed by atoms with E-state index in [4.69, 9.17) is 19.4 Å². The summed E-state index contributed by atoms with van der Waals surface area (Å²) in [5.74, 6) is -0.916. The van der Waals surface area contributed by atoms with Gasteiger partial charge in [0.2, 0.25) is 0 Å². The molecule has 2 aromatic carbocycles. The van der Waals surface area contributed by atoms with Gasteiger partial charge in [0.1, 0.15) is 5.82 Å². The van der Waals surface area contributed by atoms with E-state index in [2.05, 4.69) is 6.58 Å². The van der Waals surface area contributed by atoms with Gasteiger partial charge in [-0.2, -0.15) is 0 Å². The molecule has 0 amide bonds. The van der Waals surface area contributed by atoms with Gasteiger partial charge in [0, 0.05) is 11.1 Å². The van der Waals surface area contributed by atoms with Crippen molar-refractivity contribution in [2.45, 2.75) is 26.1 Å². The normalized spacial score (nSPS) is 12.0. The highest BCUT2D eigenvalue weighted by molar-refractivity contribution is 6.32. The second-order valence-corrected chi connectivity index (χ2v) is 5.86. The third-order valence-electron chi connectivity index (χ3n) is 3.88. The zero-order chi connectivity index (χ0) is 17.1. The Morgan fingerprint density at radius 3 is 2.57 bits per heavy atom. The largest absolute Gasteiger partial charge is 0.295 e.